The zero-order valence-electron chi connectivity index (χ0n) is 4.79. The van der Waals surface area contributed by atoms with Crippen LogP contribution in [0.25, 0.3) is 0 Å². The summed E-state index contributed by atoms with van der Waals surface area (Å²) < 4.78 is 0. The van der Waals surface area contributed by atoms with Crippen molar-refractivity contribution in [3.05, 3.63) is 6.92 Å². The third-order valence-corrected chi connectivity index (χ3v) is 1.03. The number of aliphatic hydroxyl groups is 1. The first-order chi connectivity index (χ1) is 3.55. The van der Waals surface area contributed by atoms with E-state index in [9.17, 15) is 4.79 Å². The minimum atomic E-state index is -0.882. The Morgan fingerprint density at radius 1 is 1.88 bits per heavy atom. The van der Waals surface area contributed by atoms with Crippen LogP contribution >= 0.6 is 0 Å². The maximum absolute atomic E-state index is 10.2. The smallest absolute Gasteiger partial charge is 0.222 e. The van der Waals surface area contributed by atoms with Crippen molar-refractivity contribution in [2.75, 3.05) is 0 Å². The van der Waals surface area contributed by atoms with Gasteiger partial charge in [-0.3, -0.25) is 4.79 Å². The molecule has 3 heteroatoms. The number of rotatable bonds is 2. The predicted molar refractivity (Wildman–Crippen MR) is 29.7 cm³/mol. The molecule has 0 rings (SSSR count). The van der Waals surface area contributed by atoms with E-state index in [1.54, 1.807) is 0 Å². The Morgan fingerprint density at radius 3 is 2.25 bits per heavy atom. The van der Waals surface area contributed by atoms with Gasteiger partial charge < -0.3 is 10.8 Å². The summed E-state index contributed by atoms with van der Waals surface area (Å²) in [5.41, 5.74) is 4.80. The van der Waals surface area contributed by atoms with E-state index in [0.717, 1.165) is 0 Å². The number of aliphatic hydroxyl groups excluding tert-OH is 1. The topological polar surface area (TPSA) is 63.3 Å². The summed E-state index contributed by atoms with van der Waals surface area (Å²) in [6, 6.07) is 0. The van der Waals surface area contributed by atoms with Crippen LogP contribution in [0.3, 0.4) is 0 Å². The van der Waals surface area contributed by atoms with Crippen LogP contribution in [0.2, 0.25) is 0 Å². The van der Waals surface area contributed by atoms with Gasteiger partial charge in [0.25, 0.3) is 0 Å². The lowest BCUT2D eigenvalue weighted by atomic mass is 10.1. The number of amides is 1. The van der Waals surface area contributed by atoms with Gasteiger partial charge in [0.15, 0.2) is 0 Å². The Labute approximate surface area is 48.5 Å². The molecule has 0 fully saturated rings. The van der Waals surface area contributed by atoms with Gasteiger partial charge in [0, 0.05) is 0 Å². The highest BCUT2D eigenvalue weighted by Gasteiger charge is 2.13. The first kappa shape index (κ1) is 7.43. The molecule has 0 aromatic carbocycles. The molecule has 0 aliphatic carbocycles. The summed E-state index contributed by atoms with van der Waals surface area (Å²) in [6.45, 7) is 4.74. The molecular weight excluding hydrogens is 106 g/mol. The molecule has 1 amide bonds. The van der Waals surface area contributed by atoms with Gasteiger partial charge in [0.05, 0.1) is 12.0 Å². The normalized spacial score (nSPS) is 17.4. The monoisotopic (exact) mass is 116 g/mol. The van der Waals surface area contributed by atoms with Gasteiger partial charge in [-0.15, -0.1) is 0 Å². The molecular formula is C5H10NO2. The summed E-state index contributed by atoms with van der Waals surface area (Å²) in [7, 11) is 0. The van der Waals surface area contributed by atoms with Crippen molar-refractivity contribution in [3.8, 4) is 0 Å². The van der Waals surface area contributed by atoms with Crippen LogP contribution in [0.1, 0.15) is 6.92 Å². The second-order valence-electron chi connectivity index (χ2n) is 1.76. The molecule has 0 aromatic heterocycles. The SMILES string of the molecule is [CH2]C(O)C(C)C(N)=O. The molecule has 8 heavy (non-hydrogen) atoms. The molecule has 1 radical (unpaired) electrons. The molecule has 2 atom stereocenters. The fourth-order valence-electron chi connectivity index (χ4n) is 0.190. The molecule has 47 valence electrons. The lowest BCUT2D eigenvalue weighted by Gasteiger charge is -2.07. The first-order valence-electron chi connectivity index (χ1n) is 2.36. The molecule has 0 spiro atoms. The molecule has 3 N–H and O–H groups in total. The van der Waals surface area contributed by atoms with Crippen molar-refractivity contribution >= 4 is 5.91 Å². The van der Waals surface area contributed by atoms with Gasteiger partial charge in [-0.1, -0.05) is 6.92 Å². The lowest BCUT2D eigenvalue weighted by molar-refractivity contribution is -0.123. The van der Waals surface area contributed by atoms with Crippen LogP contribution in [0.5, 0.6) is 0 Å². The van der Waals surface area contributed by atoms with Crippen molar-refractivity contribution in [2.24, 2.45) is 11.7 Å². The van der Waals surface area contributed by atoms with E-state index in [-0.39, 0.29) is 0 Å². The van der Waals surface area contributed by atoms with Crippen LogP contribution in [-0.2, 0) is 4.79 Å². The predicted octanol–water partition coefficient (Wildman–Crippen LogP) is -0.697. The highest BCUT2D eigenvalue weighted by molar-refractivity contribution is 5.76. The highest BCUT2D eigenvalue weighted by atomic mass is 16.3. The van der Waals surface area contributed by atoms with Gasteiger partial charge in [-0.25, -0.2) is 0 Å². The van der Waals surface area contributed by atoms with Gasteiger partial charge in [-0.2, -0.15) is 0 Å². The number of nitrogens with two attached hydrogens (primary N) is 1. The lowest BCUT2D eigenvalue weighted by Crippen LogP contribution is -2.29. The molecule has 0 saturated carbocycles. The Hall–Kier alpha value is -0.570. The minimum absolute atomic E-state index is 0.521. The van der Waals surface area contributed by atoms with Crippen molar-refractivity contribution < 1.29 is 9.90 Å². The van der Waals surface area contributed by atoms with Gasteiger partial charge in [-0.05, 0) is 6.92 Å². The second-order valence-corrected chi connectivity index (χ2v) is 1.76. The maximum atomic E-state index is 10.2. The van der Waals surface area contributed by atoms with Crippen molar-refractivity contribution in [1.82, 2.24) is 0 Å². The first-order valence-corrected chi connectivity index (χ1v) is 2.36. The third kappa shape index (κ3) is 1.93. The number of hydrogen-bond donors (Lipinski definition) is 2. The molecule has 0 saturated heterocycles. The molecule has 0 aliphatic heterocycles. The number of carbonyl (C=O) groups excluding carboxylic acids is 1. The maximum Gasteiger partial charge on any atom is 0.222 e. The van der Waals surface area contributed by atoms with Crippen molar-refractivity contribution in [1.29, 1.82) is 0 Å². The van der Waals surface area contributed by atoms with E-state index in [2.05, 4.69) is 6.92 Å². The fourth-order valence-corrected chi connectivity index (χ4v) is 0.190. The van der Waals surface area contributed by atoms with Gasteiger partial charge in [0.1, 0.15) is 0 Å². The zero-order chi connectivity index (χ0) is 6.73. The van der Waals surface area contributed by atoms with Crippen LogP contribution in [0.4, 0.5) is 0 Å². The summed E-state index contributed by atoms with van der Waals surface area (Å²) in [5.74, 6) is -1.07. The van der Waals surface area contributed by atoms with E-state index in [0.29, 0.717) is 0 Å². The quantitative estimate of drug-likeness (QED) is 0.501. The third-order valence-electron chi connectivity index (χ3n) is 1.03. The van der Waals surface area contributed by atoms with Crippen LogP contribution in [0, 0.1) is 12.8 Å². The average molecular weight is 116 g/mol. The summed E-state index contributed by atoms with van der Waals surface area (Å²) in [4.78, 5) is 10.2. The Bertz CT molecular complexity index is 90.4. The zero-order valence-corrected chi connectivity index (χ0v) is 4.79. The van der Waals surface area contributed by atoms with Crippen LogP contribution in [-0.4, -0.2) is 17.1 Å². The highest BCUT2D eigenvalue weighted by Crippen LogP contribution is 1.97. The molecule has 0 bridgehead atoms. The number of primary amides is 1. The van der Waals surface area contributed by atoms with E-state index in [1.807, 2.05) is 0 Å². The van der Waals surface area contributed by atoms with Crippen molar-refractivity contribution in [2.45, 2.75) is 13.0 Å². The Kier molecular flexibility index (Phi) is 2.48. The second kappa shape index (κ2) is 2.67. The fraction of sp³-hybridized carbons (Fsp3) is 0.600. The van der Waals surface area contributed by atoms with Gasteiger partial charge >= 0.3 is 0 Å². The Balaban J connectivity index is 3.64. The summed E-state index contributed by atoms with van der Waals surface area (Å²) >= 11 is 0. The Morgan fingerprint density at radius 2 is 2.25 bits per heavy atom. The van der Waals surface area contributed by atoms with Crippen LogP contribution in [0.15, 0.2) is 0 Å². The molecule has 2 unspecified atom stereocenters. The van der Waals surface area contributed by atoms with Crippen molar-refractivity contribution in [3.63, 3.8) is 0 Å². The molecule has 0 aromatic rings. The van der Waals surface area contributed by atoms with E-state index in [1.165, 1.54) is 6.92 Å². The van der Waals surface area contributed by atoms with E-state index >= 15 is 0 Å². The summed E-state index contributed by atoms with van der Waals surface area (Å²) in [5, 5.41) is 8.58. The number of carbonyl (C=O) groups is 1. The van der Waals surface area contributed by atoms with E-state index < -0.39 is 17.9 Å². The molecule has 0 heterocycles. The average Bonchev–Trinajstić information content (AvgIpc) is 1.64. The standard InChI is InChI=1S/C5H10NO2/c1-3(4(2)7)5(6)8/h3-4,7H,2H2,1H3,(H2,6,8). The summed E-state index contributed by atoms with van der Waals surface area (Å²) in [6.07, 6.45) is -0.882. The largest absolute Gasteiger partial charge is 0.392 e. The van der Waals surface area contributed by atoms with E-state index in [4.69, 9.17) is 10.8 Å². The molecule has 3 nitrogen and oxygen atoms in total. The van der Waals surface area contributed by atoms with Gasteiger partial charge in [0.2, 0.25) is 5.91 Å². The molecule has 0 aliphatic rings. The van der Waals surface area contributed by atoms with Crippen LogP contribution < -0.4 is 5.73 Å². The number of hydrogen-bond acceptors (Lipinski definition) is 2. The minimum Gasteiger partial charge on any atom is -0.392 e.